The van der Waals surface area contributed by atoms with Crippen molar-refractivity contribution in [3.8, 4) is 28.0 Å². The number of benzene rings is 1. The fourth-order valence-electron chi connectivity index (χ4n) is 5.02. The van der Waals surface area contributed by atoms with E-state index in [1.54, 1.807) is 11.3 Å². The highest BCUT2D eigenvalue weighted by atomic mass is 32.1. The Labute approximate surface area is 237 Å². The van der Waals surface area contributed by atoms with Crippen LogP contribution in [0.25, 0.3) is 10.4 Å². The number of piperidine rings is 1. The van der Waals surface area contributed by atoms with Gasteiger partial charge in [-0.15, -0.1) is 0 Å². The average molecular weight is 545 g/mol. The number of ether oxygens (including phenoxy) is 1. The molecule has 39 heavy (non-hydrogen) atoms. The number of hydrogen-bond acceptors (Lipinski definition) is 8. The minimum atomic E-state index is -0.0371. The van der Waals surface area contributed by atoms with E-state index in [0.29, 0.717) is 24.2 Å². The molecule has 4 heterocycles. The molecule has 206 valence electrons. The van der Waals surface area contributed by atoms with Crippen LogP contribution in [0.4, 0.5) is 10.9 Å². The van der Waals surface area contributed by atoms with Crippen LogP contribution in [-0.2, 0) is 6.61 Å². The van der Waals surface area contributed by atoms with Gasteiger partial charge in [0.05, 0.1) is 4.88 Å². The van der Waals surface area contributed by atoms with Crippen LogP contribution >= 0.6 is 11.3 Å². The van der Waals surface area contributed by atoms with E-state index in [2.05, 4.69) is 65.4 Å². The third-order valence-electron chi connectivity index (χ3n) is 7.35. The summed E-state index contributed by atoms with van der Waals surface area (Å²) in [5, 5.41) is 1.08. The van der Waals surface area contributed by atoms with E-state index in [1.807, 2.05) is 36.7 Å². The minimum Gasteiger partial charge on any atom is -0.485 e. The van der Waals surface area contributed by atoms with Gasteiger partial charge in [-0.25, -0.2) is 9.97 Å². The molecule has 2 saturated heterocycles. The van der Waals surface area contributed by atoms with E-state index in [-0.39, 0.29) is 5.41 Å². The highest BCUT2D eigenvalue weighted by Crippen LogP contribution is 2.35. The normalized spacial score (nSPS) is 17.6. The van der Waals surface area contributed by atoms with Crippen molar-refractivity contribution in [2.45, 2.75) is 46.3 Å². The van der Waals surface area contributed by atoms with Crippen LogP contribution in [0, 0.1) is 17.3 Å². The van der Waals surface area contributed by atoms with Gasteiger partial charge in [0.1, 0.15) is 6.61 Å². The van der Waals surface area contributed by atoms with Gasteiger partial charge in [0.15, 0.2) is 16.7 Å². The van der Waals surface area contributed by atoms with Crippen molar-refractivity contribution in [2.24, 2.45) is 5.41 Å². The molecule has 0 radical (unpaired) electrons. The van der Waals surface area contributed by atoms with Crippen LogP contribution in [0.2, 0.25) is 0 Å². The number of hydrogen-bond donors (Lipinski definition) is 1. The van der Waals surface area contributed by atoms with Gasteiger partial charge in [0.25, 0.3) is 0 Å². The lowest BCUT2D eigenvalue weighted by molar-refractivity contribution is 0.0982. The molecule has 2 aromatic heterocycles. The number of piperazine rings is 1. The van der Waals surface area contributed by atoms with Crippen molar-refractivity contribution in [1.29, 1.82) is 0 Å². The first-order valence-electron chi connectivity index (χ1n) is 13.9. The van der Waals surface area contributed by atoms with Crippen LogP contribution in [-0.4, -0.2) is 72.1 Å². The van der Waals surface area contributed by atoms with Crippen molar-refractivity contribution in [3.63, 3.8) is 0 Å². The smallest absolute Gasteiger partial charge is 0.185 e. The maximum Gasteiger partial charge on any atom is 0.185 e. The number of aromatic nitrogens is 2. The quantitative estimate of drug-likeness (QED) is 0.439. The molecule has 5 rings (SSSR count). The number of nitrogens with two attached hydrogens (primary N) is 1. The Kier molecular flexibility index (Phi) is 8.41. The maximum absolute atomic E-state index is 6.18. The summed E-state index contributed by atoms with van der Waals surface area (Å²) >= 11 is 1.71. The highest BCUT2D eigenvalue weighted by molar-refractivity contribution is 7.18. The third-order valence-corrected chi connectivity index (χ3v) is 8.46. The molecule has 7 nitrogen and oxygen atoms in total. The summed E-state index contributed by atoms with van der Waals surface area (Å²) in [6, 6.07) is 10.8. The molecule has 0 amide bonds. The van der Waals surface area contributed by atoms with E-state index in [4.69, 9.17) is 15.5 Å². The van der Waals surface area contributed by atoms with Crippen LogP contribution < -0.4 is 15.4 Å². The lowest BCUT2D eigenvalue weighted by Gasteiger charge is -2.42. The fraction of sp³-hybridized carbons (Fsp3) is 0.484. The van der Waals surface area contributed by atoms with Gasteiger partial charge in [0.2, 0.25) is 0 Å². The van der Waals surface area contributed by atoms with Gasteiger partial charge in [-0.3, -0.25) is 4.90 Å². The summed E-state index contributed by atoms with van der Waals surface area (Å²) in [6.07, 6.45) is 6.15. The average Bonchev–Trinajstić information content (AvgIpc) is 3.42. The van der Waals surface area contributed by atoms with Crippen LogP contribution in [0.5, 0.6) is 5.75 Å². The van der Waals surface area contributed by atoms with E-state index in [0.717, 1.165) is 39.8 Å². The van der Waals surface area contributed by atoms with Crippen molar-refractivity contribution >= 4 is 22.3 Å². The molecular weight excluding hydrogens is 504 g/mol. The first-order valence-corrected chi connectivity index (χ1v) is 14.7. The molecule has 0 aliphatic carbocycles. The molecular formula is C31H40N6OS. The Morgan fingerprint density at radius 1 is 1.03 bits per heavy atom. The zero-order valence-electron chi connectivity index (χ0n) is 23.6. The SMILES string of the molecule is CN1CCN(C2CCN(c3ncc(-c4cnc(N)c(OCc5cccc(C#CC(C)(C)C)c5)c4)s3)CC2)CC1. The number of thiazole rings is 1. The Morgan fingerprint density at radius 3 is 2.54 bits per heavy atom. The van der Waals surface area contributed by atoms with E-state index >= 15 is 0 Å². The summed E-state index contributed by atoms with van der Waals surface area (Å²) in [6.45, 7) is 13.6. The first kappa shape index (κ1) is 27.4. The molecule has 0 atom stereocenters. The Morgan fingerprint density at radius 2 is 1.79 bits per heavy atom. The molecule has 0 bridgehead atoms. The second-order valence-electron chi connectivity index (χ2n) is 11.7. The van der Waals surface area contributed by atoms with E-state index in [9.17, 15) is 0 Å². The monoisotopic (exact) mass is 544 g/mol. The van der Waals surface area contributed by atoms with Gasteiger partial charge in [-0.2, -0.15) is 0 Å². The Bertz CT molecular complexity index is 1320. The van der Waals surface area contributed by atoms with Gasteiger partial charge in [-0.1, -0.05) is 35.3 Å². The van der Waals surface area contributed by atoms with E-state index < -0.39 is 0 Å². The molecule has 2 N–H and O–H groups in total. The zero-order valence-corrected chi connectivity index (χ0v) is 24.4. The standard InChI is InChI=1S/C31H40N6OS/c1-31(2,3)11-8-23-6-5-7-24(18-23)22-38-27-19-25(20-33-29(27)32)28-21-34-30(39-28)37-12-9-26(10-13-37)36-16-14-35(4)15-17-36/h5-7,18-21,26H,9-10,12-17,22H2,1-4H3,(H2,32,33). The van der Waals surface area contributed by atoms with Gasteiger partial charge < -0.3 is 20.3 Å². The molecule has 1 aromatic carbocycles. The largest absolute Gasteiger partial charge is 0.485 e. The maximum atomic E-state index is 6.18. The molecule has 8 heteroatoms. The molecule has 0 unspecified atom stereocenters. The molecule has 2 aliphatic heterocycles. The Balaban J connectivity index is 1.20. The summed E-state index contributed by atoms with van der Waals surface area (Å²) in [4.78, 5) is 17.8. The third kappa shape index (κ3) is 7.30. The summed E-state index contributed by atoms with van der Waals surface area (Å²) in [5.74, 6) is 7.52. The summed E-state index contributed by atoms with van der Waals surface area (Å²) < 4.78 is 6.12. The number of pyridine rings is 1. The number of nitrogen functional groups attached to an aromatic ring is 1. The number of likely N-dealkylation sites (N-methyl/N-ethyl adjacent to an activating group) is 1. The number of rotatable bonds is 6. The van der Waals surface area contributed by atoms with Gasteiger partial charge in [0, 0.05) is 74.2 Å². The highest BCUT2D eigenvalue weighted by Gasteiger charge is 2.27. The lowest BCUT2D eigenvalue weighted by Crippen LogP contribution is -2.52. The lowest BCUT2D eigenvalue weighted by atomic mass is 9.97. The Hall–Kier alpha value is -3.12. The molecule has 0 spiro atoms. The fourth-order valence-corrected chi connectivity index (χ4v) is 5.97. The van der Waals surface area contributed by atoms with Crippen LogP contribution in [0.3, 0.4) is 0 Å². The van der Waals surface area contributed by atoms with Gasteiger partial charge in [-0.05, 0) is 64.4 Å². The van der Waals surface area contributed by atoms with Gasteiger partial charge >= 0.3 is 0 Å². The van der Waals surface area contributed by atoms with E-state index in [1.165, 1.54) is 39.0 Å². The van der Waals surface area contributed by atoms with Crippen molar-refractivity contribution < 1.29 is 4.74 Å². The van der Waals surface area contributed by atoms with Crippen molar-refractivity contribution in [2.75, 3.05) is 56.9 Å². The zero-order chi connectivity index (χ0) is 27.4. The topological polar surface area (TPSA) is 70.8 Å². The summed E-state index contributed by atoms with van der Waals surface area (Å²) in [7, 11) is 2.22. The van der Waals surface area contributed by atoms with Crippen molar-refractivity contribution in [1.82, 2.24) is 19.8 Å². The molecule has 3 aromatic rings. The molecule has 2 fully saturated rings. The number of nitrogens with zero attached hydrogens (tertiary/aromatic N) is 5. The minimum absolute atomic E-state index is 0.0371. The molecule has 0 saturated carbocycles. The molecule has 2 aliphatic rings. The second-order valence-corrected chi connectivity index (χ2v) is 12.7. The predicted molar refractivity (Wildman–Crippen MR) is 161 cm³/mol. The van der Waals surface area contributed by atoms with Crippen LogP contribution in [0.1, 0.15) is 44.7 Å². The first-order chi connectivity index (χ1) is 18.7. The number of anilines is 2. The predicted octanol–water partition coefficient (Wildman–Crippen LogP) is 4.98. The summed E-state index contributed by atoms with van der Waals surface area (Å²) in [5.41, 5.74) is 9.14. The van der Waals surface area contributed by atoms with Crippen LogP contribution in [0.15, 0.2) is 42.7 Å². The second kappa shape index (κ2) is 12.0. The van der Waals surface area contributed by atoms with Crippen molar-refractivity contribution in [3.05, 3.63) is 53.9 Å².